The van der Waals surface area contributed by atoms with Gasteiger partial charge in [-0.2, -0.15) is 0 Å². The molecule has 0 bridgehead atoms. The van der Waals surface area contributed by atoms with Crippen LogP contribution in [0.25, 0.3) is 0 Å². The predicted octanol–water partition coefficient (Wildman–Crippen LogP) is 2.83. The summed E-state index contributed by atoms with van der Waals surface area (Å²) in [4.78, 5) is 15.0. The molecule has 1 heterocycles. The van der Waals surface area contributed by atoms with Gasteiger partial charge in [-0.1, -0.05) is 33.6 Å². The summed E-state index contributed by atoms with van der Waals surface area (Å²) in [6.07, 6.45) is 0. The summed E-state index contributed by atoms with van der Waals surface area (Å²) in [6, 6.07) is 3.46. The number of rotatable bonds is 2. The molecule has 0 aliphatic rings. The number of alkyl halides is 1. The van der Waals surface area contributed by atoms with Crippen LogP contribution in [0.1, 0.15) is 23.0 Å². The first-order chi connectivity index (χ1) is 5.65. The highest BCUT2D eigenvalue weighted by Gasteiger charge is 2.07. The maximum Gasteiger partial charge on any atom is 0.178 e. The summed E-state index contributed by atoms with van der Waals surface area (Å²) < 4.78 is 0. The van der Waals surface area contributed by atoms with Crippen LogP contribution in [0.3, 0.4) is 0 Å². The topological polar surface area (TPSA) is 30.0 Å². The maximum atomic E-state index is 11.0. The SMILES string of the molecule is CC(=O)c1nc(Cl)ccc1CBr. The van der Waals surface area contributed by atoms with E-state index in [1.54, 1.807) is 12.1 Å². The van der Waals surface area contributed by atoms with Crippen LogP contribution in [0.4, 0.5) is 0 Å². The van der Waals surface area contributed by atoms with Crippen molar-refractivity contribution in [3.8, 4) is 0 Å². The summed E-state index contributed by atoms with van der Waals surface area (Å²) in [5, 5.41) is 0.969. The normalized spacial score (nSPS) is 9.92. The average Bonchev–Trinajstić information content (AvgIpc) is 2.04. The molecule has 0 fully saturated rings. The van der Waals surface area contributed by atoms with Crippen LogP contribution in [0.15, 0.2) is 12.1 Å². The molecule has 0 aliphatic carbocycles. The van der Waals surface area contributed by atoms with Gasteiger partial charge in [0.1, 0.15) is 10.8 Å². The zero-order chi connectivity index (χ0) is 9.14. The number of aromatic nitrogens is 1. The lowest BCUT2D eigenvalue weighted by atomic mass is 10.2. The number of halogens is 2. The molecule has 0 N–H and O–H groups in total. The summed E-state index contributed by atoms with van der Waals surface area (Å²) in [6.45, 7) is 1.48. The van der Waals surface area contributed by atoms with Gasteiger partial charge >= 0.3 is 0 Å². The largest absolute Gasteiger partial charge is 0.293 e. The molecule has 0 saturated heterocycles. The van der Waals surface area contributed by atoms with E-state index < -0.39 is 0 Å². The Morgan fingerprint density at radius 2 is 2.33 bits per heavy atom. The molecule has 0 aromatic carbocycles. The van der Waals surface area contributed by atoms with E-state index in [9.17, 15) is 4.79 Å². The van der Waals surface area contributed by atoms with E-state index in [1.165, 1.54) is 6.92 Å². The fraction of sp³-hybridized carbons (Fsp3) is 0.250. The molecule has 0 unspecified atom stereocenters. The zero-order valence-corrected chi connectivity index (χ0v) is 8.82. The van der Waals surface area contributed by atoms with Crippen molar-refractivity contribution in [2.75, 3.05) is 0 Å². The number of carbonyl (C=O) groups is 1. The molecular formula is C8H7BrClNO. The summed E-state index contributed by atoms with van der Waals surface area (Å²) >= 11 is 8.91. The highest BCUT2D eigenvalue weighted by atomic mass is 79.9. The minimum Gasteiger partial charge on any atom is -0.293 e. The lowest BCUT2D eigenvalue weighted by Gasteiger charge is -2.01. The van der Waals surface area contributed by atoms with Gasteiger partial charge in [0.05, 0.1) is 0 Å². The van der Waals surface area contributed by atoms with Crippen molar-refractivity contribution in [3.63, 3.8) is 0 Å². The second-order valence-corrected chi connectivity index (χ2v) is 3.28. The van der Waals surface area contributed by atoms with Crippen LogP contribution >= 0.6 is 27.5 Å². The Balaban J connectivity index is 3.21. The number of nitrogens with zero attached hydrogens (tertiary/aromatic N) is 1. The molecule has 2 nitrogen and oxygen atoms in total. The van der Waals surface area contributed by atoms with Crippen LogP contribution in [0.2, 0.25) is 5.15 Å². The smallest absolute Gasteiger partial charge is 0.178 e. The third-order valence-electron chi connectivity index (χ3n) is 1.42. The second kappa shape index (κ2) is 4.01. The number of hydrogen-bond acceptors (Lipinski definition) is 2. The summed E-state index contributed by atoms with van der Waals surface area (Å²) in [5.41, 5.74) is 1.31. The van der Waals surface area contributed by atoms with Gasteiger partial charge in [-0.3, -0.25) is 4.79 Å². The van der Waals surface area contributed by atoms with E-state index in [0.29, 0.717) is 16.2 Å². The van der Waals surface area contributed by atoms with Crippen molar-refractivity contribution in [3.05, 3.63) is 28.5 Å². The van der Waals surface area contributed by atoms with E-state index in [4.69, 9.17) is 11.6 Å². The van der Waals surface area contributed by atoms with Crippen LogP contribution in [-0.2, 0) is 5.33 Å². The first-order valence-corrected chi connectivity index (χ1v) is 4.87. The number of hydrogen-bond donors (Lipinski definition) is 0. The third-order valence-corrected chi connectivity index (χ3v) is 2.24. The number of Topliss-reactive ketones (excluding diaryl/α,β-unsaturated/α-hetero) is 1. The van der Waals surface area contributed by atoms with Crippen LogP contribution in [0, 0.1) is 0 Å². The Labute approximate surface area is 84.1 Å². The Morgan fingerprint density at radius 3 is 2.83 bits per heavy atom. The van der Waals surface area contributed by atoms with Crippen molar-refractivity contribution >= 4 is 33.3 Å². The molecule has 0 aliphatic heterocycles. The molecule has 0 radical (unpaired) electrons. The molecular weight excluding hydrogens is 241 g/mol. The molecule has 0 amide bonds. The van der Waals surface area contributed by atoms with Crippen molar-refractivity contribution in [1.29, 1.82) is 0 Å². The molecule has 0 atom stereocenters. The fourth-order valence-electron chi connectivity index (χ4n) is 0.877. The monoisotopic (exact) mass is 247 g/mol. The Bertz CT molecular complexity index is 314. The highest BCUT2D eigenvalue weighted by molar-refractivity contribution is 9.08. The van der Waals surface area contributed by atoms with Crippen molar-refractivity contribution in [2.24, 2.45) is 0 Å². The van der Waals surface area contributed by atoms with Crippen LogP contribution in [-0.4, -0.2) is 10.8 Å². The van der Waals surface area contributed by atoms with Crippen molar-refractivity contribution < 1.29 is 4.79 Å². The molecule has 12 heavy (non-hydrogen) atoms. The quantitative estimate of drug-likeness (QED) is 0.458. The first-order valence-electron chi connectivity index (χ1n) is 3.37. The maximum absolute atomic E-state index is 11.0. The van der Waals surface area contributed by atoms with E-state index in [-0.39, 0.29) is 5.78 Å². The number of ketones is 1. The Morgan fingerprint density at radius 1 is 1.67 bits per heavy atom. The second-order valence-electron chi connectivity index (χ2n) is 2.33. The predicted molar refractivity (Wildman–Crippen MR) is 51.9 cm³/mol. The minimum atomic E-state index is -0.0630. The van der Waals surface area contributed by atoms with Gasteiger partial charge < -0.3 is 0 Å². The van der Waals surface area contributed by atoms with Gasteiger partial charge in [-0.15, -0.1) is 0 Å². The van der Waals surface area contributed by atoms with E-state index in [1.807, 2.05) is 0 Å². The van der Waals surface area contributed by atoms with Crippen LogP contribution < -0.4 is 0 Å². The van der Waals surface area contributed by atoms with Crippen LogP contribution in [0.5, 0.6) is 0 Å². The van der Waals surface area contributed by atoms with Gasteiger partial charge in [-0.05, 0) is 11.6 Å². The molecule has 0 saturated carbocycles. The zero-order valence-electron chi connectivity index (χ0n) is 6.47. The highest BCUT2D eigenvalue weighted by Crippen LogP contribution is 2.14. The van der Waals surface area contributed by atoms with Gasteiger partial charge in [0, 0.05) is 12.3 Å². The third kappa shape index (κ3) is 2.05. The Hall–Kier alpha value is -0.410. The average molecular weight is 249 g/mol. The molecule has 1 rings (SSSR count). The minimum absolute atomic E-state index is 0.0630. The Kier molecular flexibility index (Phi) is 3.23. The van der Waals surface area contributed by atoms with Crippen molar-refractivity contribution in [2.45, 2.75) is 12.3 Å². The van der Waals surface area contributed by atoms with Gasteiger partial charge in [0.25, 0.3) is 0 Å². The summed E-state index contributed by atoms with van der Waals surface area (Å²) in [7, 11) is 0. The summed E-state index contributed by atoms with van der Waals surface area (Å²) in [5.74, 6) is -0.0630. The van der Waals surface area contributed by atoms with E-state index in [2.05, 4.69) is 20.9 Å². The molecule has 0 spiro atoms. The lowest BCUT2D eigenvalue weighted by Crippen LogP contribution is -2.01. The van der Waals surface area contributed by atoms with Gasteiger partial charge in [0.15, 0.2) is 5.78 Å². The van der Waals surface area contributed by atoms with Crippen molar-refractivity contribution in [1.82, 2.24) is 4.98 Å². The molecule has 1 aromatic rings. The number of carbonyl (C=O) groups excluding carboxylic acids is 1. The van der Waals surface area contributed by atoms with Gasteiger partial charge in [0.2, 0.25) is 0 Å². The van der Waals surface area contributed by atoms with E-state index in [0.717, 1.165) is 5.56 Å². The molecule has 4 heteroatoms. The fourth-order valence-corrected chi connectivity index (χ4v) is 1.48. The lowest BCUT2D eigenvalue weighted by molar-refractivity contribution is 0.101. The first kappa shape index (κ1) is 9.68. The van der Waals surface area contributed by atoms with Gasteiger partial charge in [-0.25, -0.2) is 4.98 Å². The molecule has 1 aromatic heterocycles. The standard InChI is InChI=1S/C8H7BrClNO/c1-5(12)8-6(4-9)2-3-7(10)11-8/h2-3H,4H2,1H3. The number of pyridine rings is 1. The van der Waals surface area contributed by atoms with E-state index >= 15 is 0 Å². The molecule has 64 valence electrons.